The Kier molecular flexibility index (Phi) is 3.28. The number of hydrogen-bond acceptors (Lipinski definition) is 2. The molecule has 1 saturated heterocycles. The minimum atomic E-state index is -4.31. The molecule has 1 fully saturated rings. The Balaban J connectivity index is 2.18. The average Bonchev–Trinajstić information content (AvgIpc) is 3.08. The predicted molar refractivity (Wildman–Crippen MR) is 56.1 cm³/mol. The number of alkyl halides is 3. The number of aryl methyl sites for hydroxylation is 1. The van der Waals surface area contributed by atoms with E-state index in [4.69, 9.17) is 9.47 Å². The monoisotopic (exact) mass is 246 g/mol. The quantitative estimate of drug-likeness (QED) is 0.761. The maximum atomic E-state index is 12.5. The van der Waals surface area contributed by atoms with Crippen LogP contribution in [0.1, 0.15) is 17.5 Å². The molecule has 1 aliphatic heterocycles. The molecule has 1 unspecified atom stereocenters. The summed E-state index contributed by atoms with van der Waals surface area (Å²) < 4.78 is 47.7. The van der Waals surface area contributed by atoms with E-state index < -0.39 is 11.7 Å². The van der Waals surface area contributed by atoms with E-state index in [0.717, 1.165) is 18.6 Å². The van der Waals surface area contributed by atoms with Gasteiger partial charge in [0.05, 0.1) is 25.4 Å². The van der Waals surface area contributed by atoms with Crippen molar-refractivity contribution in [3.63, 3.8) is 0 Å². The van der Waals surface area contributed by atoms with E-state index in [9.17, 15) is 13.2 Å². The summed E-state index contributed by atoms with van der Waals surface area (Å²) >= 11 is 0. The summed E-state index contributed by atoms with van der Waals surface area (Å²) in [6.45, 7) is 0.710. The van der Waals surface area contributed by atoms with E-state index >= 15 is 0 Å². The first-order valence-corrected chi connectivity index (χ1v) is 5.36. The van der Waals surface area contributed by atoms with Gasteiger partial charge in [-0.2, -0.15) is 13.2 Å². The second kappa shape index (κ2) is 4.56. The van der Waals surface area contributed by atoms with Crippen LogP contribution >= 0.6 is 0 Å². The summed E-state index contributed by atoms with van der Waals surface area (Å²) in [7, 11) is 1.46. The minimum Gasteiger partial charge on any atom is -0.496 e. The third-order valence-electron chi connectivity index (χ3n) is 2.75. The Bertz CT molecular complexity index is 397. The molecule has 0 radical (unpaired) electrons. The van der Waals surface area contributed by atoms with Gasteiger partial charge in [0.15, 0.2) is 0 Å². The molecule has 1 aromatic rings. The third kappa shape index (κ3) is 3.12. The number of rotatable bonds is 4. The molecule has 2 rings (SSSR count). The Morgan fingerprint density at radius 2 is 2.12 bits per heavy atom. The van der Waals surface area contributed by atoms with Gasteiger partial charge in [-0.25, -0.2) is 0 Å². The third-order valence-corrected chi connectivity index (χ3v) is 2.75. The van der Waals surface area contributed by atoms with Crippen LogP contribution < -0.4 is 4.74 Å². The van der Waals surface area contributed by atoms with Crippen molar-refractivity contribution in [3.05, 3.63) is 29.3 Å². The molecule has 0 aromatic heterocycles. The number of methoxy groups -OCH3 is 1. The Labute approximate surface area is 97.3 Å². The first-order chi connectivity index (χ1) is 8.00. The molecule has 1 atom stereocenters. The first kappa shape index (κ1) is 12.2. The van der Waals surface area contributed by atoms with Crippen molar-refractivity contribution in [1.29, 1.82) is 0 Å². The molecule has 94 valence electrons. The van der Waals surface area contributed by atoms with Crippen molar-refractivity contribution in [2.75, 3.05) is 13.7 Å². The van der Waals surface area contributed by atoms with Crippen molar-refractivity contribution >= 4 is 0 Å². The molecule has 0 saturated carbocycles. The van der Waals surface area contributed by atoms with E-state index in [2.05, 4.69) is 0 Å². The molecule has 0 N–H and O–H groups in total. The molecule has 17 heavy (non-hydrogen) atoms. The van der Waals surface area contributed by atoms with Gasteiger partial charge in [0.2, 0.25) is 0 Å². The van der Waals surface area contributed by atoms with Crippen molar-refractivity contribution < 1.29 is 22.6 Å². The fourth-order valence-electron chi connectivity index (χ4n) is 1.70. The lowest BCUT2D eigenvalue weighted by Gasteiger charge is -2.12. The Hall–Kier alpha value is -1.23. The number of hydrogen-bond donors (Lipinski definition) is 0. The molecule has 5 heteroatoms. The smallest absolute Gasteiger partial charge is 0.416 e. The maximum absolute atomic E-state index is 12.5. The van der Waals surface area contributed by atoms with Crippen LogP contribution in [-0.4, -0.2) is 19.8 Å². The Morgan fingerprint density at radius 1 is 1.41 bits per heavy atom. The molecule has 0 spiro atoms. The molecule has 0 amide bonds. The molecule has 1 aromatic carbocycles. The van der Waals surface area contributed by atoms with Crippen molar-refractivity contribution in [2.45, 2.75) is 25.1 Å². The molecule has 0 aliphatic carbocycles. The zero-order valence-electron chi connectivity index (χ0n) is 9.38. The number of benzene rings is 1. The van der Waals surface area contributed by atoms with Crippen LogP contribution in [0.15, 0.2) is 18.2 Å². The molecular weight excluding hydrogens is 233 g/mol. The van der Waals surface area contributed by atoms with Gasteiger partial charge in [0.25, 0.3) is 0 Å². The summed E-state index contributed by atoms with van der Waals surface area (Å²) in [5, 5.41) is 0. The summed E-state index contributed by atoms with van der Waals surface area (Å²) in [5.41, 5.74) is -0.0529. The predicted octanol–water partition coefficient (Wildman–Crippen LogP) is 3.05. The lowest BCUT2D eigenvalue weighted by atomic mass is 10.0. The molecule has 1 heterocycles. The Morgan fingerprint density at radius 3 is 2.65 bits per heavy atom. The molecular formula is C12H13F3O2. The number of halogens is 3. The zero-order valence-corrected chi connectivity index (χ0v) is 9.38. The second-order valence-corrected chi connectivity index (χ2v) is 4.02. The highest BCUT2D eigenvalue weighted by molar-refractivity contribution is 5.38. The van der Waals surface area contributed by atoms with Gasteiger partial charge in [0, 0.05) is 0 Å². The highest BCUT2D eigenvalue weighted by Gasteiger charge is 2.31. The van der Waals surface area contributed by atoms with Gasteiger partial charge in [-0.1, -0.05) is 0 Å². The van der Waals surface area contributed by atoms with Crippen molar-refractivity contribution in [2.24, 2.45) is 0 Å². The van der Waals surface area contributed by atoms with Gasteiger partial charge >= 0.3 is 6.18 Å². The normalized spacial score (nSPS) is 19.2. The zero-order chi connectivity index (χ0) is 12.5. The van der Waals surface area contributed by atoms with Crippen LogP contribution in [0.4, 0.5) is 13.2 Å². The average molecular weight is 246 g/mol. The van der Waals surface area contributed by atoms with Gasteiger partial charge in [0.1, 0.15) is 5.75 Å². The van der Waals surface area contributed by atoms with E-state index in [-0.39, 0.29) is 6.10 Å². The second-order valence-electron chi connectivity index (χ2n) is 4.02. The lowest BCUT2D eigenvalue weighted by molar-refractivity contribution is -0.137. The minimum absolute atomic E-state index is 0.203. The fourth-order valence-corrected chi connectivity index (χ4v) is 1.70. The summed E-state index contributed by atoms with van der Waals surface area (Å²) in [5.74, 6) is 0.499. The number of ether oxygens (including phenoxy) is 2. The van der Waals surface area contributed by atoms with Crippen molar-refractivity contribution in [1.82, 2.24) is 0 Å². The van der Waals surface area contributed by atoms with E-state index in [1.165, 1.54) is 13.2 Å². The van der Waals surface area contributed by atoms with Crippen LogP contribution in [0.2, 0.25) is 0 Å². The van der Waals surface area contributed by atoms with E-state index in [0.29, 0.717) is 24.3 Å². The number of epoxide rings is 1. The summed E-state index contributed by atoms with van der Waals surface area (Å²) in [4.78, 5) is 0. The van der Waals surface area contributed by atoms with Crippen LogP contribution in [0.25, 0.3) is 0 Å². The van der Waals surface area contributed by atoms with Crippen LogP contribution in [0.5, 0.6) is 5.75 Å². The highest BCUT2D eigenvalue weighted by atomic mass is 19.4. The molecule has 2 nitrogen and oxygen atoms in total. The highest BCUT2D eigenvalue weighted by Crippen LogP contribution is 2.33. The van der Waals surface area contributed by atoms with E-state index in [1.807, 2.05) is 0 Å². The summed E-state index contributed by atoms with van der Waals surface area (Å²) in [6.07, 6.45) is -2.83. The van der Waals surface area contributed by atoms with Crippen molar-refractivity contribution in [3.8, 4) is 5.75 Å². The van der Waals surface area contributed by atoms with Crippen LogP contribution in [0, 0.1) is 0 Å². The summed E-state index contributed by atoms with van der Waals surface area (Å²) in [6, 6.07) is 3.56. The lowest BCUT2D eigenvalue weighted by Crippen LogP contribution is -2.06. The van der Waals surface area contributed by atoms with Gasteiger partial charge in [-0.3, -0.25) is 0 Å². The van der Waals surface area contributed by atoms with Gasteiger partial charge in [-0.15, -0.1) is 0 Å². The van der Waals surface area contributed by atoms with Crippen LogP contribution in [-0.2, 0) is 17.3 Å². The van der Waals surface area contributed by atoms with Gasteiger partial charge < -0.3 is 9.47 Å². The molecule has 1 aliphatic rings. The standard InChI is InChI=1S/C12H13F3O2/c1-16-11-5-3-9(12(13,14)15)6-8(11)2-4-10-7-17-10/h3,5-6,10H,2,4,7H2,1H3. The molecule has 0 bridgehead atoms. The fraction of sp³-hybridized carbons (Fsp3) is 0.500. The maximum Gasteiger partial charge on any atom is 0.416 e. The largest absolute Gasteiger partial charge is 0.496 e. The van der Waals surface area contributed by atoms with Gasteiger partial charge in [-0.05, 0) is 36.6 Å². The SMILES string of the molecule is COc1ccc(C(F)(F)F)cc1CCC1CO1. The van der Waals surface area contributed by atoms with Crippen LogP contribution in [0.3, 0.4) is 0 Å². The topological polar surface area (TPSA) is 21.8 Å². The first-order valence-electron chi connectivity index (χ1n) is 5.36. The van der Waals surface area contributed by atoms with E-state index in [1.54, 1.807) is 0 Å².